The maximum absolute atomic E-state index is 13.1. The molecule has 4 aromatic rings. The summed E-state index contributed by atoms with van der Waals surface area (Å²) in [5, 5.41) is 24.4. The van der Waals surface area contributed by atoms with Gasteiger partial charge in [0, 0.05) is 24.3 Å². The van der Waals surface area contributed by atoms with Gasteiger partial charge in [0.1, 0.15) is 12.6 Å². The number of alkyl carbamates (subject to hydrolysis) is 1. The zero-order valence-electron chi connectivity index (χ0n) is 26.5. The fraction of sp³-hybridized carbons (Fsp3) is 0.353. The van der Waals surface area contributed by atoms with Crippen LogP contribution in [0.5, 0.6) is 0 Å². The number of hydrogen-bond donors (Lipinski definition) is 2. The number of aromatic nitrogens is 4. The number of carbonyl (C=O) groups is 3. The van der Waals surface area contributed by atoms with Crippen molar-refractivity contribution in [2.45, 2.75) is 62.8 Å². The van der Waals surface area contributed by atoms with Crippen molar-refractivity contribution in [2.24, 2.45) is 13.0 Å². The molecule has 5 atom stereocenters. The first-order valence-electron chi connectivity index (χ1n) is 15.5. The van der Waals surface area contributed by atoms with Crippen LogP contribution in [0.1, 0.15) is 53.6 Å². The van der Waals surface area contributed by atoms with Crippen LogP contribution in [0.3, 0.4) is 0 Å². The van der Waals surface area contributed by atoms with Gasteiger partial charge in [-0.15, -0.1) is 5.10 Å². The summed E-state index contributed by atoms with van der Waals surface area (Å²) < 4.78 is 19.9. The van der Waals surface area contributed by atoms with Gasteiger partial charge >= 0.3 is 6.09 Å². The summed E-state index contributed by atoms with van der Waals surface area (Å²) in [5.74, 6) is -0.285. The van der Waals surface area contributed by atoms with E-state index in [1.807, 2.05) is 78.9 Å². The largest absolute Gasteiger partial charge is 0.445 e. The molecule has 13 nitrogen and oxygen atoms in total. The van der Waals surface area contributed by atoms with Crippen LogP contribution in [-0.2, 0) is 50.6 Å². The number of nitrogens with zero attached hydrogens (tertiary/aromatic N) is 5. The van der Waals surface area contributed by atoms with Crippen molar-refractivity contribution in [3.63, 3.8) is 0 Å². The summed E-state index contributed by atoms with van der Waals surface area (Å²) in [6.07, 6.45) is -2.08. The maximum Gasteiger partial charge on any atom is 0.408 e. The molecule has 3 heterocycles. The molecule has 2 fully saturated rings. The van der Waals surface area contributed by atoms with E-state index in [0.717, 1.165) is 32.7 Å². The Balaban J connectivity index is 1.10. The van der Waals surface area contributed by atoms with Crippen molar-refractivity contribution < 1.29 is 33.7 Å². The Morgan fingerprint density at radius 3 is 2.38 bits per heavy atom. The number of rotatable bonds is 11. The number of likely N-dealkylation sites (tertiary alicyclic amines) is 1. The first kappa shape index (κ1) is 33.3. The Morgan fingerprint density at radius 1 is 0.979 bits per heavy atom. The van der Waals surface area contributed by atoms with Crippen LogP contribution >= 0.6 is 11.8 Å². The van der Waals surface area contributed by atoms with E-state index in [-0.39, 0.29) is 50.2 Å². The van der Waals surface area contributed by atoms with E-state index in [9.17, 15) is 19.5 Å². The van der Waals surface area contributed by atoms with Gasteiger partial charge in [0.05, 0.1) is 31.8 Å². The molecule has 6 rings (SSSR count). The Hall–Kier alpha value is -4.63. The Morgan fingerprint density at radius 2 is 1.69 bits per heavy atom. The average Bonchev–Trinajstić information content (AvgIpc) is 3.64. The number of aliphatic hydroxyl groups excluding tert-OH is 1. The highest BCUT2D eigenvalue weighted by Gasteiger charge is 2.41. The number of carbonyl (C=O) groups excluding carboxylic acids is 3. The minimum absolute atomic E-state index is 0.0152. The van der Waals surface area contributed by atoms with Gasteiger partial charge in [-0.3, -0.25) is 14.5 Å². The summed E-state index contributed by atoms with van der Waals surface area (Å²) in [7, 11) is 1.79. The third-order valence-electron chi connectivity index (χ3n) is 8.42. The van der Waals surface area contributed by atoms with Crippen LogP contribution in [0.4, 0.5) is 4.79 Å². The summed E-state index contributed by atoms with van der Waals surface area (Å²) >= 11 is 1.50. The average molecular weight is 673 g/mol. The second kappa shape index (κ2) is 15.1. The van der Waals surface area contributed by atoms with Gasteiger partial charge < -0.3 is 24.6 Å². The molecular formula is C34H36N6O7S. The van der Waals surface area contributed by atoms with E-state index in [1.54, 1.807) is 11.7 Å². The fourth-order valence-corrected chi connectivity index (χ4v) is 6.65. The lowest BCUT2D eigenvalue weighted by molar-refractivity contribution is -0.268. The Labute approximate surface area is 281 Å². The molecule has 2 aliphatic heterocycles. The second-order valence-corrected chi connectivity index (χ2v) is 12.7. The molecule has 14 heteroatoms. The quantitative estimate of drug-likeness (QED) is 0.176. The number of hydrogen-bond acceptors (Lipinski definition) is 11. The van der Waals surface area contributed by atoms with Gasteiger partial charge in [0.15, 0.2) is 6.29 Å². The van der Waals surface area contributed by atoms with Crippen molar-refractivity contribution >= 4 is 29.7 Å². The maximum atomic E-state index is 13.1. The van der Waals surface area contributed by atoms with Crippen LogP contribution in [-0.4, -0.2) is 66.0 Å². The van der Waals surface area contributed by atoms with Gasteiger partial charge in [-0.2, -0.15) is 0 Å². The molecule has 3 aromatic carbocycles. The van der Waals surface area contributed by atoms with Crippen molar-refractivity contribution in [2.75, 3.05) is 5.75 Å². The molecule has 0 bridgehead atoms. The van der Waals surface area contributed by atoms with Crippen LogP contribution in [0.25, 0.3) is 0 Å². The van der Waals surface area contributed by atoms with E-state index in [4.69, 9.17) is 14.2 Å². The number of imide groups is 1. The number of thioether (sulfide) groups is 1. The van der Waals surface area contributed by atoms with Crippen molar-refractivity contribution in [3.8, 4) is 0 Å². The molecular weight excluding hydrogens is 636 g/mol. The molecule has 0 aliphatic carbocycles. The van der Waals surface area contributed by atoms with E-state index >= 15 is 0 Å². The minimum Gasteiger partial charge on any atom is -0.445 e. The molecule has 0 saturated carbocycles. The van der Waals surface area contributed by atoms with Crippen molar-refractivity contribution in [1.82, 2.24) is 30.4 Å². The molecule has 250 valence electrons. The highest BCUT2D eigenvalue weighted by molar-refractivity contribution is 7.99. The third-order valence-corrected chi connectivity index (χ3v) is 9.52. The first-order valence-corrected chi connectivity index (χ1v) is 16.5. The first-order chi connectivity index (χ1) is 23.3. The molecule has 48 heavy (non-hydrogen) atoms. The standard InChI is InChI=1S/C34H36N6O7S/c1-21-28(20-48-33-36-37-38-39(33)2)46-32(47-30(21)25-12-10-23(18-41)11-13-25)26-14-8-22(9-15-26)17-40-29(42)16-27(31(40)43)35-34(44)45-19-24-6-4-3-5-7-24/h3-15,21,27-28,30,32,41H,16-20H2,1-2H3,(H,35,44)/t21-,27?,28+,30+,32+/m1/s1. The lowest BCUT2D eigenvalue weighted by Gasteiger charge is -2.41. The topological polar surface area (TPSA) is 158 Å². The van der Waals surface area contributed by atoms with Crippen molar-refractivity contribution in [3.05, 3.63) is 107 Å². The highest BCUT2D eigenvalue weighted by atomic mass is 32.2. The molecule has 0 radical (unpaired) electrons. The molecule has 1 unspecified atom stereocenters. The Bertz CT molecular complexity index is 1720. The summed E-state index contributed by atoms with van der Waals surface area (Å²) in [6, 6.07) is 23.3. The van der Waals surface area contributed by atoms with Gasteiger partial charge in [0.25, 0.3) is 5.91 Å². The molecule has 3 amide bonds. The number of aliphatic hydroxyl groups is 1. The highest BCUT2D eigenvalue weighted by Crippen LogP contribution is 2.43. The SMILES string of the molecule is C[C@@H]1[C@H](CSc2nnnn2C)O[C@H](c2ccc(CN3C(=O)CC(NC(=O)OCc4ccccc4)C3=O)cc2)O[C@@H]1c1ccc(CO)cc1. The third kappa shape index (κ3) is 7.73. The molecule has 2 N–H and O–H groups in total. The van der Waals surface area contributed by atoms with E-state index < -0.39 is 24.3 Å². The normalized spacial score (nSPS) is 22.6. The summed E-state index contributed by atoms with van der Waals surface area (Å²) in [4.78, 5) is 39.3. The molecule has 0 spiro atoms. The number of aryl methyl sites for hydroxylation is 1. The zero-order valence-corrected chi connectivity index (χ0v) is 27.3. The lowest BCUT2D eigenvalue weighted by atomic mass is 9.91. The molecule has 2 saturated heterocycles. The van der Waals surface area contributed by atoms with Crippen LogP contribution < -0.4 is 5.32 Å². The van der Waals surface area contributed by atoms with E-state index in [0.29, 0.717) is 10.9 Å². The number of nitrogens with one attached hydrogen (secondary N) is 1. The van der Waals surface area contributed by atoms with E-state index in [2.05, 4.69) is 27.8 Å². The monoisotopic (exact) mass is 672 g/mol. The van der Waals surface area contributed by atoms with Gasteiger partial charge in [-0.25, -0.2) is 9.48 Å². The molecule has 2 aliphatic rings. The van der Waals surface area contributed by atoms with Gasteiger partial charge in [0.2, 0.25) is 11.1 Å². The number of amides is 3. The van der Waals surface area contributed by atoms with E-state index in [1.165, 1.54) is 11.8 Å². The fourth-order valence-electron chi connectivity index (χ4n) is 5.64. The predicted octanol–water partition coefficient (Wildman–Crippen LogP) is 3.84. The van der Waals surface area contributed by atoms with Gasteiger partial charge in [-0.05, 0) is 32.7 Å². The minimum atomic E-state index is -0.985. The van der Waals surface area contributed by atoms with Crippen LogP contribution in [0.2, 0.25) is 0 Å². The molecule has 1 aromatic heterocycles. The number of benzene rings is 3. The Kier molecular flexibility index (Phi) is 10.4. The van der Waals surface area contributed by atoms with Gasteiger partial charge in [-0.1, -0.05) is 97.5 Å². The number of ether oxygens (including phenoxy) is 3. The number of tetrazole rings is 1. The summed E-state index contributed by atoms with van der Waals surface area (Å²) in [6.45, 7) is 2.15. The van der Waals surface area contributed by atoms with Crippen LogP contribution in [0.15, 0.2) is 84.0 Å². The van der Waals surface area contributed by atoms with Crippen LogP contribution in [0, 0.1) is 5.92 Å². The predicted molar refractivity (Wildman–Crippen MR) is 173 cm³/mol. The lowest BCUT2D eigenvalue weighted by Crippen LogP contribution is -2.41. The van der Waals surface area contributed by atoms with Crippen molar-refractivity contribution in [1.29, 1.82) is 0 Å². The smallest absolute Gasteiger partial charge is 0.408 e. The zero-order chi connectivity index (χ0) is 33.6. The second-order valence-electron chi connectivity index (χ2n) is 11.7. The summed E-state index contributed by atoms with van der Waals surface area (Å²) in [5.41, 5.74) is 4.10.